The first-order valence-electron chi connectivity index (χ1n) is 11.2. The predicted molar refractivity (Wildman–Crippen MR) is 122 cm³/mol. The second-order valence-electron chi connectivity index (χ2n) is 8.29. The number of benzene rings is 2. The van der Waals surface area contributed by atoms with Crippen LogP contribution in [0.5, 0.6) is 5.75 Å². The average Bonchev–Trinajstić information content (AvgIpc) is 3.35. The van der Waals surface area contributed by atoms with E-state index < -0.39 is 0 Å². The maximum atomic E-state index is 13.2. The van der Waals surface area contributed by atoms with E-state index in [1.165, 1.54) is 17.7 Å². The molecular weight excluding hydrogens is 419 g/mol. The van der Waals surface area contributed by atoms with Gasteiger partial charge in [-0.15, -0.1) is 0 Å². The molecule has 168 valence electrons. The van der Waals surface area contributed by atoms with Crippen LogP contribution in [0.4, 0.5) is 4.39 Å². The normalized spacial score (nSPS) is 16.6. The zero-order chi connectivity index (χ0) is 22.5. The van der Waals surface area contributed by atoms with Gasteiger partial charge in [0.15, 0.2) is 0 Å². The van der Waals surface area contributed by atoms with Crippen LogP contribution in [0.15, 0.2) is 77.4 Å². The van der Waals surface area contributed by atoms with Crippen LogP contribution in [0.2, 0.25) is 0 Å². The largest absolute Gasteiger partial charge is 0.487 e. The highest BCUT2D eigenvalue weighted by atomic mass is 19.1. The van der Waals surface area contributed by atoms with Gasteiger partial charge in [-0.3, -0.25) is 9.88 Å². The van der Waals surface area contributed by atoms with E-state index in [0.717, 1.165) is 49.5 Å². The number of hydrogen-bond donors (Lipinski definition) is 0. The first-order valence-corrected chi connectivity index (χ1v) is 11.2. The fourth-order valence-corrected chi connectivity index (χ4v) is 4.11. The number of piperidine rings is 1. The van der Waals surface area contributed by atoms with Crippen molar-refractivity contribution in [2.75, 3.05) is 13.1 Å². The molecule has 0 radical (unpaired) electrons. The second-order valence-corrected chi connectivity index (χ2v) is 8.29. The summed E-state index contributed by atoms with van der Waals surface area (Å²) in [5.41, 5.74) is 2.90. The first-order chi connectivity index (χ1) is 16.2. The fraction of sp³-hybridized carbons (Fsp3) is 0.269. The van der Waals surface area contributed by atoms with E-state index in [4.69, 9.17) is 9.26 Å². The summed E-state index contributed by atoms with van der Waals surface area (Å²) in [6, 6.07) is 20.2. The second kappa shape index (κ2) is 9.92. The van der Waals surface area contributed by atoms with Crippen molar-refractivity contribution in [3.63, 3.8) is 0 Å². The van der Waals surface area contributed by atoms with Gasteiger partial charge in [0.1, 0.15) is 18.2 Å². The summed E-state index contributed by atoms with van der Waals surface area (Å²) in [5, 5.41) is 4.10. The number of pyridine rings is 1. The summed E-state index contributed by atoms with van der Waals surface area (Å²) in [7, 11) is 0. The maximum Gasteiger partial charge on any atom is 0.231 e. The molecule has 1 fully saturated rings. The summed E-state index contributed by atoms with van der Waals surface area (Å²) in [6.45, 7) is 3.21. The Morgan fingerprint density at radius 1 is 1.03 bits per heavy atom. The summed E-state index contributed by atoms with van der Waals surface area (Å²) in [6.07, 6.45) is 3.86. The predicted octanol–water partition coefficient (Wildman–Crippen LogP) is 5.23. The minimum atomic E-state index is -0.279. The molecule has 0 aliphatic carbocycles. The van der Waals surface area contributed by atoms with Crippen LogP contribution in [0.3, 0.4) is 0 Å². The van der Waals surface area contributed by atoms with Gasteiger partial charge >= 0.3 is 0 Å². The summed E-state index contributed by atoms with van der Waals surface area (Å²) in [5.74, 6) is 1.90. The van der Waals surface area contributed by atoms with Gasteiger partial charge in [0, 0.05) is 24.8 Å². The third-order valence-corrected chi connectivity index (χ3v) is 5.84. The smallest absolute Gasteiger partial charge is 0.231 e. The zero-order valence-electron chi connectivity index (χ0n) is 18.2. The van der Waals surface area contributed by atoms with Crippen LogP contribution in [0, 0.1) is 5.82 Å². The Kier molecular flexibility index (Phi) is 6.39. The molecule has 1 aliphatic rings. The highest BCUT2D eigenvalue weighted by molar-refractivity contribution is 5.53. The van der Waals surface area contributed by atoms with Crippen molar-refractivity contribution in [1.82, 2.24) is 20.0 Å². The molecule has 3 heterocycles. The highest BCUT2D eigenvalue weighted by Gasteiger charge is 2.26. The van der Waals surface area contributed by atoms with Gasteiger partial charge in [-0.1, -0.05) is 23.4 Å². The van der Waals surface area contributed by atoms with E-state index in [1.807, 2.05) is 30.3 Å². The summed E-state index contributed by atoms with van der Waals surface area (Å²) in [4.78, 5) is 11.3. The number of rotatable bonds is 7. The number of nitrogens with zero attached hydrogens (tertiary/aromatic N) is 4. The van der Waals surface area contributed by atoms with E-state index in [1.54, 1.807) is 18.3 Å². The molecule has 7 heteroatoms. The maximum absolute atomic E-state index is 13.2. The van der Waals surface area contributed by atoms with Gasteiger partial charge in [-0.2, -0.15) is 4.98 Å². The Labute approximate surface area is 192 Å². The molecule has 5 rings (SSSR count). The lowest BCUT2D eigenvalue weighted by Gasteiger charge is -2.30. The number of ether oxygens (including phenoxy) is 1. The Balaban J connectivity index is 1.17. The standard InChI is InChI=1S/C26H25FN4O2/c27-22-10-8-20(9-11-22)25-29-26(33-30-25)21-4-3-15-31(17-21)16-19-6-12-24(13-7-19)32-18-23-5-1-2-14-28-23/h1-2,5-14,21H,3-4,15-18H2. The van der Waals surface area contributed by atoms with Crippen molar-refractivity contribution in [3.05, 3.63) is 95.9 Å². The average molecular weight is 445 g/mol. The van der Waals surface area contributed by atoms with Crippen LogP contribution in [-0.2, 0) is 13.2 Å². The van der Waals surface area contributed by atoms with Crippen molar-refractivity contribution in [2.45, 2.75) is 31.9 Å². The molecule has 1 aliphatic heterocycles. The van der Waals surface area contributed by atoms with Gasteiger partial charge in [-0.05, 0) is 73.5 Å². The lowest BCUT2D eigenvalue weighted by Crippen LogP contribution is -2.34. The molecule has 33 heavy (non-hydrogen) atoms. The third-order valence-electron chi connectivity index (χ3n) is 5.84. The zero-order valence-corrected chi connectivity index (χ0v) is 18.2. The van der Waals surface area contributed by atoms with E-state index in [0.29, 0.717) is 18.3 Å². The van der Waals surface area contributed by atoms with E-state index >= 15 is 0 Å². The monoisotopic (exact) mass is 444 g/mol. The van der Waals surface area contributed by atoms with Crippen molar-refractivity contribution in [3.8, 4) is 17.1 Å². The Bertz CT molecular complexity index is 1160. The van der Waals surface area contributed by atoms with Gasteiger partial charge in [0.25, 0.3) is 0 Å². The molecule has 4 aromatic rings. The molecule has 6 nitrogen and oxygen atoms in total. The number of likely N-dealkylation sites (tertiary alicyclic amines) is 1. The van der Waals surface area contributed by atoms with Crippen LogP contribution in [-0.4, -0.2) is 33.1 Å². The van der Waals surface area contributed by atoms with Crippen molar-refractivity contribution >= 4 is 0 Å². The van der Waals surface area contributed by atoms with Crippen molar-refractivity contribution in [2.24, 2.45) is 0 Å². The number of halogens is 1. The Morgan fingerprint density at radius 3 is 2.67 bits per heavy atom. The third kappa shape index (κ3) is 5.43. The molecule has 1 atom stereocenters. The SMILES string of the molecule is Fc1ccc(-c2noc(C3CCCN(Cc4ccc(OCc5ccccn5)cc4)C3)n2)cc1. The number of hydrogen-bond acceptors (Lipinski definition) is 6. The van der Waals surface area contributed by atoms with E-state index in [-0.39, 0.29) is 11.7 Å². The molecule has 0 N–H and O–H groups in total. The van der Waals surface area contributed by atoms with E-state index in [9.17, 15) is 4.39 Å². The lowest BCUT2D eigenvalue weighted by molar-refractivity contribution is 0.180. The molecule has 2 aromatic carbocycles. The number of aromatic nitrogens is 3. The van der Waals surface area contributed by atoms with Gasteiger partial charge in [0.05, 0.1) is 11.6 Å². The molecule has 0 amide bonds. The van der Waals surface area contributed by atoms with Gasteiger partial charge in [-0.25, -0.2) is 4.39 Å². The fourth-order valence-electron chi connectivity index (χ4n) is 4.11. The van der Waals surface area contributed by atoms with Crippen LogP contribution >= 0.6 is 0 Å². The minimum Gasteiger partial charge on any atom is -0.487 e. The molecule has 1 unspecified atom stereocenters. The molecular formula is C26H25FN4O2. The van der Waals surface area contributed by atoms with Crippen molar-refractivity contribution in [1.29, 1.82) is 0 Å². The summed E-state index contributed by atoms with van der Waals surface area (Å²) < 4.78 is 24.6. The molecule has 2 aromatic heterocycles. The highest BCUT2D eigenvalue weighted by Crippen LogP contribution is 2.28. The molecule has 0 spiro atoms. The topological polar surface area (TPSA) is 64.3 Å². The Morgan fingerprint density at radius 2 is 1.88 bits per heavy atom. The lowest BCUT2D eigenvalue weighted by atomic mass is 9.97. The summed E-state index contributed by atoms with van der Waals surface area (Å²) >= 11 is 0. The molecule has 0 saturated carbocycles. The minimum absolute atomic E-state index is 0.196. The quantitative estimate of drug-likeness (QED) is 0.389. The van der Waals surface area contributed by atoms with Crippen LogP contribution in [0.25, 0.3) is 11.4 Å². The van der Waals surface area contributed by atoms with Gasteiger partial charge in [0.2, 0.25) is 11.7 Å². The van der Waals surface area contributed by atoms with Gasteiger partial charge < -0.3 is 9.26 Å². The molecule has 0 bridgehead atoms. The van der Waals surface area contributed by atoms with E-state index in [2.05, 4.69) is 32.2 Å². The Hall–Kier alpha value is -3.58. The first kappa shape index (κ1) is 21.3. The van der Waals surface area contributed by atoms with Crippen LogP contribution in [0.1, 0.15) is 35.9 Å². The van der Waals surface area contributed by atoms with Crippen LogP contribution < -0.4 is 4.74 Å². The van der Waals surface area contributed by atoms with Crippen molar-refractivity contribution < 1.29 is 13.7 Å². The molecule has 1 saturated heterocycles.